The highest BCUT2D eigenvalue weighted by Crippen LogP contribution is 2.21. The van der Waals surface area contributed by atoms with Crippen LogP contribution in [0, 0.1) is 6.92 Å². The molecule has 2 amide bonds. The molecule has 2 aromatic rings. The molecule has 148 valence electrons. The second-order valence-electron chi connectivity index (χ2n) is 6.36. The first-order chi connectivity index (χ1) is 13.4. The summed E-state index contributed by atoms with van der Waals surface area (Å²) in [6, 6.07) is 13.2. The number of hydrazone groups is 1. The highest BCUT2D eigenvalue weighted by Gasteiger charge is 2.07. The minimum atomic E-state index is -0.391. The van der Waals surface area contributed by atoms with Gasteiger partial charge in [-0.2, -0.15) is 5.10 Å². The number of anilines is 1. The lowest BCUT2D eigenvalue weighted by molar-refractivity contribution is -0.123. The highest BCUT2D eigenvalue weighted by atomic mass is 79.9. The molecule has 28 heavy (non-hydrogen) atoms. The van der Waals surface area contributed by atoms with E-state index in [4.69, 9.17) is 4.74 Å². The van der Waals surface area contributed by atoms with Crippen molar-refractivity contribution in [1.29, 1.82) is 0 Å². The number of nitrogens with one attached hydrogen (secondary N) is 2. The summed E-state index contributed by atoms with van der Waals surface area (Å²) < 4.78 is 6.43. The summed E-state index contributed by atoms with van der Waals surface area (Å²) in [5, 5.41) is 6.76. The largest absolute Gasteiger partial charge is 0.483 e. The molecule has 0 unspecified atom stereocenters. The van der Waals surface area contributed by atoms with E-state index in [1.54, 1.807) is 13.0 Å². The average molecular weight is 446 g/mol. The Morgan fingerprint density at radius 3 is 2.46 bits per heavy atom. The van der Waals surface area contributed by atoms with Crippen molar-refractivity contribution in [3.63, 3.8) is 0 Å². The van der Waals surface area contributed by atoms with Crippen molar-refractivity contribution in [1.82, 2.24) is 5.43 Å². The van der Waals surface area contributed by atoms with Gasteiger partial charge in [-0.05, 0) is 61.7 Å². The maximum Gasteiger partial charge on any atom is 0.277 e. The van der Waals surface area contributed by atoms with Gasteiger partial charge in [-0.1, -0.05) is 35.0 Å². The predicted octanol–water partition coefficient (Wildman–Crippen LogP) is 4.22. The topological polar surface area (TPSA) is 79.8 Å². The van der Waals surface area contributed by atoms with Crippen LogP contribution in [0.15, 0.2) is 52.0 Å². The molecule has 0 aromatic heterocycles. The molecule has 0 saturated carbocycles. The van der Waals surface area contributed by atoms with Gasteiger partial charge in [-0.25, -0.2) is 5.43 Å². The molecule has 0 aliphatic rings. The van der Waals surface area contributed by atoms with Gasteiger partial charge in [0, 0.05) is 15.9 Å². The Balaban J connectivity index is 1.77. The molecule has 0 spiro atoms. The van der Waals surface area contributed by atoms with Crippen molar-refractivity contribution in [3.8, 4) is 5.75 Å². The maximum atomic E-state index is 12.1. The smallest absolute Gasteiger partial charge is 0.277 e. The fourth-order valence-electron chi connectivity index (χ4n) is 2.41. The van der Waals surface area contributed by atoms with Crippen LogP contribution in [0.1, 0.15) is 31.4 Å². The molecule has 2 N–H and O–H groups in total. The third kappa shape index (κ3) is 7.15. The first kappa shape index (κ1) is 21.6. The van der Waals surface area contributed by atoms with Gasteiger partial charge in [-0.15, -0.1) is 0 Å². The number of ether oxygens (including phenoxy) is 1. The van der Waals surface area contributed by atoms with Crippen LogP contribution in [0.5, 0.6) is 5.75 Å². The molecule has 0 fully saturated rings. The van der Waals surface area contributed by atoms with Crippen LogP contribution in [-0.4, -0.2) is 24.1 Å². The summed E-state index contributed by atoms with van der Waals surface area (Å²) in [5.74, 6) is 0.0474. The van der Waals surface area contributed by atoms with E-state index >= 15 is 0 Å². The van der Waals surface area contributed by atoms with Gasteiger partial charge in [0.25, 0.3) is 5.91 Å². The summed E-state index contributed by atoms with van der Waals surface area (Å²) in [5.41, 5.74) is 5.76. The zero-order chi connectivity index (χ0) is 20.5. The molecule has 2 rings (SSSR count). The van der Waals surface area contributed by atoms with E-state index in [0.717, 1.165) is 22.1 Å². The minimum absolute atomic E-state index is 0.0858. The number of benzene rings is 2. The lowest BCUT2D eigenvalue weighted by atomic mass is 10.1. The van der Waals surface area contributed by atoms with Crippen LogP contribution in [0.25, 0.3) is 0 Å². The van der Waals surface area contributed by atoms with Crippen molar-refractivity contribution in [2.24, 2.45) is 5.10 Å². The van der Waals surface area contributed by atoms with Gasteiger partial charge in [0.2, 0.25) is 5.91 Å². The van der Waals surface area contributed by atoms with Crippen LogP contribution in [0.3, 0.4) is 0 Å². The normalized spacial score (nSPS) is 11.1. The number of nitrogens with zero attached hydrogens (tertiary/aromatic N) is 1. The summed E-state index contributed by atoms with van der Waals surface area (Å²) in [4.78, 5) is 23.9. The summed E-state index contributed by atoms with van der Waals surface area (Å²) in [7, 11) is 0. The zero-order valence-corrected chi connectivity index (χ0v) is 17.8. The summed E-state index contributed by atoms with van der Waals surface area (Å²) >= 11 is 3.38. The van der Waals surface area contributed by atoms with E-state index in [-0.39, 0.29) is 18.9 Å². The first-order valence-electron chi connectivity index (χ1n) is 8.97. The fraction of sp³-hybridized carbons (Fsp3) is 0.286. The molecule has 0 radical (unpaired) electrons. The summed E-state index contributed by atoms with van der Waals surface area (Å²) in [6.07, 6.45) is 1.03. The molecule has 0 saturated heterocycles. The lowest BCUT2D eigenvalue weighted by Crippen LogP contribution is -2.26. The molecule has 0 bridgehead atoms. The number of hydrogen-bond donors (Lipinski definition) is 2. The van der Waals surface area contributed by atoms with E-state index in [0.29, 0.717) is 11.5 Å². The summed E-state index contributed by atoms with van der Waals surface area (Å²) in [6.45, 7) is 5.50. The zero-order valence-electron chi connectivity index (χ0n) is 16.2. The van der Waals surface area contributed by atoms with Crippen LogP contribution < -0.4 is 15.5 Å². The lowest BCUT2D eigenvalue weighted by Gasteiger charge is -2.09. The average Bonchev–Trinajstić information content (AvgIpc) is 2.66. The maximum absolute atomic E-state index is 12.1. The third-order valence-corrected chi connectivity index (χ3v) is 4.42. The van der Waals surface area contributed by atoms with Gasteiger partial charge in [0.05, 0.1) is 6.42 Å². The van der Waals surface area contributed by atoms with E-state index < -0.39 is 5.91 Å². The van der Waals surface area contributed by atoms with E-state index in [2.05, 4.69) is 38.7 Å². The van der Waals surface area contributed by atoms with E-state index in [9.17, 15) is 9.59 Å². The van der Waals surface area contributed by atoms with Crippen LogP contribution in [0.2, 0.25) is 0 Å². The Hall–Kier alpha value is -2.67. The molecule has 6 nitrogen and oxygen atoms in total. The quantitative estimate of drug-likeness (QED) is 0.471. The number of rotatable bonds is 8. The standard InChI is InChI=1S/C21H24BrN3O3/c1-4-16-5-8-18(9-6-16)23-20(26)12-15(3)24-25-21(27)13-28-19-10-7-17(22)11-14(19)2/h5-11H,4,12-13H2,1-3H3,(H,23,26)(H,25,27). The Kier molecular flexibility index (Phi) is 8.19. The Morgan fingerprint density at radius 2 is 1.82 bits per heavy atom. The van der Waals surface area contributed by atoms with Gasteiger partial charge in [0.1, 0.15) is 5.75 Å². The SMILES string of the molecule is CCc1ccc(NC(=O)CC(C)=NNC(=O)COc2ccc(Br)cc2C)cc1. The van der Waals surface area contributed by atoms with Crippen molar-refractivity contribution in [2.75, 3.05) is 11.9 Å². The third-order valence-electron chi connectivity index (χ3n) is 3.93. The molecule has 0 aliphatic carbocycles. The van der Waals surface area contributed by atoms with Crippen molar-refractivity contribution >= 4 is 39.1 Å². The number of carbonyl (C=O) groups is 2. The molecule has 0 heterocycles. The molecular weight excluding hydrogens is 422 g/mol. The van der Waals surface area contributed by atoms with Crippen molar-refractivity contribution in [2.45, 2.75) is 33.6 Å². The molecule has 0 aliphatic heterocycles. The highest BCUT2D eigenvalue weighted by molar-refractivity contribution is 9.10. The predicted molar refractivity (Wildman–Crippen MR) is 115 cm³/mol. The van der Waals surface area contributed by atoms with Crippen molar-refractivity contribution in [3.05, 3.63) is 58.1 Å². The second kappa shape index (κ2) is 10.6. The molecule has 0 atom stereocenters. The number of aryl methyl sites for hydroxylation is 2. The minimum Gasteiger partial charge on any atom is -0.483 e. The molecule has 2 aromatic carbocycles. The molecular formula is C21H24BrN3O3. The Morgan fingerprint density at radius 1 is 1.11 bits per heavy atom. The van der Waals surface area contributed by atoms with Gasteiger partial charge in [-0.3, -0.25) is 9.59 Å². The van der Waals surface area contributed by atoms with Crippen LogP contribution in [-0.2, 0) is 16.0 Å². The number of hydrogen-bond acceptors (Lipinski definition) is 4. The van der Waals surface area contributed by atoms with Crippen molar-refractivity contribution < 1.29 is 14.3 Å². The first-order valence-corrected chi connectivity index (χ1v) is 9.76. The number of carbonyl (C=O) groups excluding carboxylic acids is 2. The molecule has 7 heteroatoms. The second-order valence-corrected chi connectivity index (χ2v) is 7.27. The van der Waals surface area contributed by atoms with Crippen LogP contribution >= 0.6 is 15.9 Å². The van der Waals surface area contributed by atoms with E-state index in [1.165, 1.54) is 5.56 Å². The number of halogens is 1. The monoisotopic (exact) mass is 445 g/mol. The van der Waals surface area contributed by atoms with Crippen LogP contribution in [0.4, 0.5) is 5.69 Å². The Labute approximate surface area is 173 Å². The van der Waals surface area contributed by atoms with E-state index in [1.807, 2.05) is 43.3 Å². The van der Waals surface area contributed by atoms with Gasteiger partial charge in [0.15, 0.2) is 6.61 Å². The Bertz CT molecular complexity index is 864. The number of amides is 2. The fourth-order valence-corrected chi connectivity index (χ4v) is 2.88. The van der Waals surface area contributed by atoms with Gasteiger partial charge < -0.3 is 10.1 Å². The van der Waals surface area contributed by atoms with Gasteiger partial charge >= 0.3 is 0 Å².